The number of rotatable bonds is 4. The third-order valence-electron chi connectivity index (χ3n) is 5.65. The van der Waals surface area contributed by atoms with Gasteiger partial charge in [0.05, 0.1) is 22.9 Å². The van der Waals surface area contributed by atoms with Gasteiger partial charge in [0.15, 0.2) is 0 Å². The first kappa shape index (κ1) is 22.9. The van der Waals surface area contributed by atoms with Gasteiger partial charge in [0.2, 0.25) is 5.78 Å². The quantitative estimate of drug-likeness (QED) is 0.234. The summed E-state index contributed by atoms with van der Waals surface area (Å²) in [6.45, 7) is 5.74. The van der Waals surface area contributed by atoms with E-state index in [4.69, 9.17) is 32.4 Å². The van der Waals surface area contributed by atoms with E-state index in [9.17, 15) is 9.59 Å². The van der Waals surface area contributed by atoms with Crippen molar-refractivity contribution in [3.63, 3.8) is 0 Å². The molecule has 0 atom stereocenters. The molecule has 0 bridgehead atoms. The Balaban J connectivity index is 1.79. The third kappa shape index (κ3) is 4.22. The number of methoxy groups -OCH3 is 1. The summed E-state index contributed by atoms with van der Waals surface area (Å²) < 4.78 is 10.8. The largest absolute Gasteiger partial charge is 0.465 e. The van der Waals surface area contributed by atoms with E-state index in [0.29, 0.717) is 33.0 Å². The van der Waals surface area contributed by atoms with Crippen LogP contribution in [0.2, 0.25) is 10.0 Å². The van der Waals surface area contributed by atoms with E-state index in [-0.39, 0.29) is 5.57 Å². The molecule has 0 aliphatic carbocycles. The highest BCUT2D eigenvalue weighted by Crippen LogP contribution is 2.37. The molecule has 0 amide bonds. The highest BCUT2D eigenvalue weighted by molar-refractivity contribution is 6.42. The zero-order valence-electron chi connectivity index (χ0n) is 18.5. The smallest absolute Gasteiger partial charge is 0.343 e. The first-order valence-corrected chi connectivity index (χ1v) is 10.9. The van der Waals surface area contributed by atoms with Gasteiger partial charge in [-0.3, -0.25) is 4.79 Å². The Labute approximate surface area is 201 Å². The van der Waals surface area contributed by atoms with Crippen molar-refractivity contribution in [3.05, 3.63) is 92.4 Å². The number of halogens is 2. The number of benzene rings is 2. The maximum atomic E-state index is 13.3. The third-order valence-corrected chi connectivity index (χ3v) is 6.38. The fourth-order valence-electron chi connectivity index (χ4n) is 3.73. The van der Waals surface area contributed by atoms with Gasteiger partial charge < -0.3 is 14.1 Å². The molecular formula is C26H21Cl2NO4. The lowest BCUT2D eigenvalue weighted by Crippen LogP contribution is -2.18. The summed E-state index contributed by atoms with van der Waals surface area (Å²) in [4.78, 5) is 27.4. The summed E-state index contributed by atoms with van der Waals surface area (Å²) in [5, 5.41) is 0.867. The van der Waals surface area contributed by atoms with Crippen LogP contribution in [0, 0.1) is 13.8 Å². The first-order chi connectivity index (χ1) is 15.7. The van der Waals surface area contributed by atoms with Gasteiger partial charge in [0.25, 0.3) is 0 Å². The van der Waals surface area contributed by atoms with Crippen molar-refractivity contribution in [2.75, 3.05) is 12.0 Å². The molecule has 1 aliphatic rings. The average Bonchev–Trinajstić information content (AvgIpc) is 3.34. The first-order valence-electron chi connectivity index (χ1n) is 10.2. The summed E-state index contributed by atoms with van der Waals surface area (Å²) in [7, 11) is 1.26. The Morgan fingerprint density at radius 1 is 0.970 bits per heavy atom. The van der Waals surface area contributed by atoms with Crippen LogP contribution in [-0.2, 0) is 14.3 Å². The molecule has 0 saturated carbocycles. The number of aryl methyl sites for hydroxylation is 2. The number of hydrogen-bond acceptors (Lipinski definition) is 5. The Kier molecular flexibility index (Phi) is 6.19. The van der Waals surface area contributed by atoms with E-state index in [1.807, 2.05) is 32.0 Å². The summed E-state index contributed by atoms with van der Waals surface area (Å²) in [6.07, 6.45) is 1.62. The molecule has 1 aromatic heterocycles. The summed E-state index contributed by atoms with van der Waals surface area (Å²) in [6, 6.07) is 14.6. The molecule has 2 aromatic carbocycles. The number of carbonyl (C=O) groups is 2. The molecule has 168 valence electrons. The van der Waals surface area contributed by atoms with Crippen molar-refractivity contribution in [2.24, 2.45) is 0 Å². The number of esters is 1. The van der Waals surface area contributed by atoms with Crippen LogP contribution in [0.3, 0.4) is 0 Å². The Hall–Kier alpha value is -3.28. The monoisotopic (exact) mass is 481 g/mol. The van der Waals surface area contributed by atoms with Crippen molar-refractivity contribution in [2.45, 2.75) is 20.8 Å². The minimum absolute atomic E-state index is 0.00163. The highest BCUT2D eigenvalue weighted by Gasteiger charge is 2.38. The van der Waals surface area contributed by atoms with Crippen LogP contribution < -0.4 is 4.90 Å². The van der Waals surface area contributed by atoms with Gasteiger partial charge in [0, 0.05) is 23.0 Å². The second-order valence-corrected chi connectivity index (χ2v) is 8.56. The molecule has 0 N–H and O–H groups in total. The average molecular weight is 482 g/mol. The number of allylic oxidation sites excluding steroid dienone is 2. The molecule has 5 nitrogen and oxygen atoms in total. The van der Waals surface area contributed by atoms with Gasteiger partial charge >= 0.3 is 5.97 Å². The number of ketones is 1. The molecule has 2 heterocycles. The van der Waals surface area contributed by atoms with Gasteiger partial charge in [0.1, 0.15) is 17.1 Å². The Bertz CT molecular complexity index is 1350. The molecular weight excluding hydrogens is 461 g/mol. The molecule has 3 aromatic rings. The number of anilines is 1. The van der Waals surface area contributed by atoms with Crippen LogP contribution in [-0.4, -0.2) is 18.9 Å². The van der Waals surface area contributed by atoms with Crippen LogP contribution in [0.5, 0.6) is 0 Å². The number of ether oxygens (including phenoxy) is 1. The van der Waals surface area contributed by atoms with E-state index in [0.717, 1.165) is 22.4 Å². The summed E-state index contributed by atoms with van der Waals surface area (Å²) >= 11 is 12.1. The van der Waals surface area contributed by atoms with Gasteiger partial charge in [-0.15, -0.1) is 0 Å². The van der Waals surface area contributed by atoms with Crippen LogP contribution in [0.4, 0.5) is 5.69 Å². The summed E-state index contributed by atoms with van der Waals surface area (Å²) in [5.41, 5.74) is 4.51. The lowest BCUT2D eigenvalue weighted by atomic mass is 10.1. The predicted octanol–water partition coefficient (Wildman–Crippen LogP) is 6.75. The maximum absolute atomic E-state index is 13.3. The standard InChI is InChI=1S/C26H21Cl2NO4/c1-14-5-7-18(11-15(14)2)29-16(3)24(26(31)32-4)25(30)22(29)13-19-8-10-23(33-19)17-6-9-20(27)21(28)12-17/h5-13H,1-4H3/b22-13+. The van der Waals surface area contributed by atoms with Crippen LogP contribution in [0.15, 0.2) is 69.9 Å². The van der Waals surface area contributed by atoms with Crippen molar-refractivity contribution in [3.8, 4) is 11.3 Å². The lowest BCUT2D eigenvalue weighted by Gasteiger charge is -2.22. The molecule has 4 rings (SSSR count). The van der Waals surface area contributed by atoms with Gasteiger partial charge in [-0.05, 0) is 74.4 Å². The molecule has 0 fully saturated rings. The number of Topliss-reactive ketones (excluding diaryl/α,β-unsaturated/α-hetero) is 1. The molecule has 0 unspecified atom stereocenters. The molecule has 1 aliphatic heterocycles. The predicted molar refractivity (Wildman–Crippen MR) is 130 cm³/mol. The summed E-state index contributed by atoms with van der Waals surface area (Å²) in [5.74, 6) is -0.0793. The maximum Gasteiger partial charge on any atom is 0.343 e. The molecule has 0 radical (unpaired) electrons. The Morgan fingerprint density at radius 2 is 1.73 bits per heavy atom. The molecule has 0 spiro atoms. The van der Waals surface area contributed by atoms with E-state index in [1.54, 1.807) is 48.2 Å². The minimum Gasteiger partial charge on any atom is -0.465 e. The van der Waals surface area contributed by atoms with E-state index in [1.165, 1.54) is 7.11 Å². The molecule has 7 heteroatoms. The number of hydrogen-bond donors (Lipinski definition) is 0. The van der Waals surface area contributed by atoms with Crippen molar-refractivity contribution >= 4 is 46.7 Å². The van der Waals surface area contributed by atoms with Crippen molar-refractivity contribution in [1.82, 2.24) is 0 Å². The second kappa shape index (κ2) is 8.93. The van der Waals surface area contributed by atoms with Crippen LogP contribution >= 0.6 is 23.2 Å². The molecule has 0 saturated heterocycles. The van der Waals surface area contributed by atoms with E-state index in [2.05, 4.69) is 0 Å². The van der Waals surface area contributed by atoms with Gasteiger partial charge in [-0.2, -0.15) is 0 Å². The van der Waals surface area contributed by atoms with Crippen molar-refractivity contribution in [1.29, 1.82) is 0 Å². The SMILES string of the molecule is COC(=O)C1=C(C)N(c2ccc(C)c(C)c2)/C(=C/c2ccc(-c3ccc(Cl)c(Cl)c3)o2)C1=O. The zero-order chi connectivity index (χ0) is 23.9. The number of carbonyl (C=O) groups excluding carboxylic acids is 2. The van der Waals surface area contributed by atoms with E-state index < -0.39 is 11.8 Å². The van der Waals surface area contributed by atoms with Crippen LogP contribution in [0.25, 0.3) is 17.4 Å². The highest BCUT2D eigenvalue weighted by atomic mass is 35.5. The minimum atomic E-state index is -0.675. The fourth-order valence-corrected chi connectivity index (χ4v) is 4.02. The number of furan rings is 1. The topological polar surface area (TPSA) is 59.8 Å². The van der Waals surface area contributed by atoms with Gasteiger partial charge in [-0.1, -0.05) is 29.3 Å². The van der Waals surface area contributed by atoms with Gasteiger partial charge in [-0.25, -0.2) is 4.79 Å². The second-order valence-electron chi connectivity index (χ2n) is 7.75. The molecule has 33 heavy (non-hydrogen) atoms. The normalized spacial score (nSPS) is 15.0. The fraction of sp³-hybridized carbons (Fsp3) is 0.154. The van der Waals surface area contributed by atoms with E-state index >= 15 is 0 Å². The Morgan fingerprint density at radius 3 is 2.39 bits per heavy atom. The number of nitrogens with zero attached hydrogens (tertiary/aromatic N) is 1. The van der Waals surface area contributed by atoms with Crippen molar-refractivity contribution < 1.29 is 18.7 Å². The lowest BCUT2D eigenvalue weighted by molar-refractivity contribution is -0.137. The zero-order valence-corrected chi connectivity index (χ0v) is 20.0. The van der Waals surface area contributed by atoms with Crippen LogP contribution in [0.1, 0.15) is 23.8 Å².